The molecule has 1 heterocycles. The van der Waals surface area contributed by atoms with Crippen LogP contribution in [0, 0.1) is 0 Å². The van der Waals surface area contributed by atoms with E-state index in [0.29, 0.717) is 6.20 Å². The molecule has 0 radical (unpaired) electrons. The van der Waals surface area contributed by atoms with Crippen LogP contribution in [0.15, 0.2) is 42.6 Å². The number of alkyl halides is 3. The van der Waals surface area contributed by atoms with Crippen molar-refractivity contribution in [2.75, 3.05) is 5.32 Å². The average Bonchev–Trinajstić information content (AvgIpc) is 2.59. The fourth-order valence-electron chi connectivity index (χ4n) is 1.96. The van der Waals surface area contributed by atoms with Gasteiger partial charge in [0.15, 0.2) is 5.11 Å². The lowest BCUT2D eigenvalue weighted by atomic mass is 10.1. The van der Waals surface area contributed by atoms with Crippen molar-refractivity contribution in [1.29, 1.82) is 0 Å². The van der Waals surface area contributed by atoms with Crippen molar-refractivity contribution in [3.8, 4) is 0 Å². The van der Waals surface area contributed by atoms with Gasteiger partial charge in [-0.05, 0) is 37.3 Å². The summed E-state index contributed by atoms with van der Waals surface area (Å²) in [5.74, 6) is -1.45. The summed E-state index contributed by atoms with van der Waals surface area (Å²) in [6, 6.07) is 9.76. The highest BCUT2D eigenvalue weighted by molar-refractivity contribution is 7.80. The second-order valence-corrected chi connectivity index (χ2v) is 6.06. The summed E-state index contributed by atoms with van der Waals surface area (Å²) in [5, 5.41) is 2.75. The van der Waals surface area contributed by atoms with Gasteiger partial charge in [-0.3, -0.25) is 20.6 Å². The molecular weight excluding hydrogens is 389 g/mol. The van der Waals surface area contributed by atoms with Gasteiger partial charge < -0.3 is 5.32 Å². The van der Waals surface area contributed by atoms with Crippen LogP contribution in [0.3, 0.4) is 0 Å². The third-order valence-corrected chi connectivity index (χ3v) is 3.84. The molecule has 0 aliphatic heterocycles. The first-order chi connectivity index (χ1) is 12.2. The van der Waals surface area contributed by atoms with Crippen molar-refractivity contribution >= 4 is 40.5 Å². The van der Waals surface area contributed by atoms with Gasteiger partial charge in [0.1, 0.15) is 0 Å². The van der Waals surface area contributed by atoms with E-state index >= 15 is 0 Å². The average molecular weight is 403 g/mol. The van der Waals surface area contributed by atoms with E-state index in [4.69, 9.17) is 23.8 Å². The molecule has 1 aromatic heterocycles. The van der Waals surface area contributed by atoms with Crippen LogP contribution >= 0.6 is 23.8 Å². The monoisotopic (exact) mass is 402 g/mol. The molecule has 26 heavy (non-hydrogen) atoms. The number of amides is 1. The second-order valence-electron chi connectivity index (χ2n) is 5.24. The summed E-state index contributed by atoms with van der Waals surface area (Å²) >= 11 is 10.9. The van der Waals surface area contributed by atoms with Crippen molar-refractivity contribution in [3.63, 3.8) is 0 Å². The molecule has 1 amide bonds. The van der Waals surface area contributed by atoms with E-state index in [0.717, 1.165) is 11.8 Å². The number of carbonyl (C=O) groups excluding carboxylic acids is 1. The highest BCUT2D eigenvalue weighted by Crippen LogP contribution is 2.32. The van der Waals surface area contributed by atoms with Crippen molar-refractivity contribution in [1.82, 2.24) is 15.8 Å². The van der Waals surface area contributed by atoms with E-state index in [9.17, 15) is 18.0 Å². The number of nitrogens with one attached hydrogen (secondary N) is 3. The maximum atomic E-state index is 12.6. The Bertz CT molecular complexity index is 802. The Morgan fingerprint density at radius 2 is 1.88 bits per heavy atom. The van der Waals surface area contributed by atoms with Gasteiger partial charge in [0.05, 0.1) is 22.2 Å². The molecule has 3 N–H and O–H groups in total. The molecule has 1 atom stereocenters. The topological polar surface area (TPSA) is 66.1 Å². The number of benzene rings is 1. The first-order valence-electron chi connectivity index (χ1n) is 7.33. The lowest BCUT2D eigenvalue weighted by Gasteiger charge is -2.16. The van der Waals surface area contributed by atoms with Crippen molar-refractivity contribution in [3.05, 3.63) is 58.9 Å². The minimum Gasteiger partial charge on any atom is -0.331 e. The molecule has 0 saturated heterocycles. The number of aromatic nitrogens is 1. The van der Waals surface area contributed by atoms with E-state index in [1.54, 1.807) is 12.1 Å². The van der Waals surface area contributed by atoms with Crippen LogP contribution in [-0.4, -0.2) is 16.0 Å². The maximum absolute atomic E-state index is 12.6. The number of pyridine rings is 1. The highest BCUT2D eigenvalue weighted by atomic mass is 35.5. The molecule has 2 aromatic rings. The van der Waals surface area contributed by atoms with Crippen molar-refractivity contribution in [2.45, 2.75) is 19.0 Å². The molecule has 10 heteroatoms. The number of para-hydroxylation sites is 1. The summed E-state index contributed by atoms with van der Waals surface area (Å²) in [6.07, 6.45) is -3.92. The van der Waals surface area contributed by atoms with Crippen LogP contribution in [0.2, 0.25) is 5.02 Å². The molecule has 0 fully saturated rings. The van der Waals surface area contributed by atoms with Crippen molar-refractivity contribution in [2.24, 2.45) is 0 Å². The minimum absolute atomic E-state index is 0.0286. The molecular formula is C16H14ClF3N4OS. The van der Waals surface area contributed by atoms with E-state index in [1.807, 2.05) is 18.2 Å². The zero-order valence-electron chi connectivity index (χ0n) is 13.4. The summed E-state index contributed by atoms with van der Waals surface area (Å²) in [5.41, 5.74) is 4.64. The smallest absolute Gasteiger partial charge is 0.331 e. The number of hydrogen-bond donors (Lipinski definition) is 3. The van der Waals surface area contributed by atoms with Crippen LogP contribution < -0.4 is 16.2 Å². The highest BCUT2D eigenvalue weighted by Gasteiger charge is 2.32. The number of hydrogen-bond acceptors (Lipinski definition) is 3. The molecule has 0 saturated carbocycles. The molecule has 138 valence electrons. The Morgan fingerprint density at radius 3 is 2.46 bits per heavy atom. The number of hydrazine groups is 1. The van der Waals surface area contributed by atoms with Crippen molar-refractivity contribution < 1.29 is 18.0 Å². The molecule has 5 nitrogen and oxygen atoms in total. The van der Waals surface area contributed by atoms with E-state index in [2.05, 4.69) is 21.2 Å². The number of rotatable bonds is 3. The van der Waals surface area contributed by atoms with E-state index in [1.165, 1.54) is 6.92 Å². The molecule has 0 unspecified atom stereocenters. The van der Waals surface area contributed by atoms with E-state index in [-0.39, 0.29) is 15.8 Å². The SMILES string of the molecule is C[C@H](C(=O)NNC(=S)Nc1ccccc1)c1ncc(C(F)(F)F)cc1Cl. The molecule has 1 aromatic carbocycles. The molecule has 0 spiro atoms. The Balaban J connectivity index is 1.96. The second kappa shape index (κ2) is 8.33. The third-order valence-electron chi connectivity index (χ3n) is 3.33. The summed E-state index contributed by atoms with van der Waals surface area (Å²) < 4.78 is 37.9. The Labute approximate surface area is 157 Å². The zero-order valence-corrected chi connectivity index (χ0v) is 15.0. The van der Waals surface area contributed by atoms with Gasteiger partial charge in [-0.1, -0.05) is 29.8 Å². The van der Waals surface area contributed by atoms with Gasteiger partial charge >= 0.3 is 6.18 Å². The Hall–Kier alpha value is -2.39. The number of halogens is 4. The predicted molar refractivity (Wildman–Crippen MR) is 96.6 cm³/mol. The molecule has 0 bridgehead atoms. The largest absolute Gasteiger partial charge is 0.417 e. The lowest BCUT2D eigenvalue weighted by Crippen LogP contribution is -2.45. The Morgan fingerprint density at radius 1 is 1.23 bits per heavy atom. The van der Waals surface area contributed by atoms with Crippen LogP contribution in [0.4, 0.5) is 18.9 Å². The summed E-state index contributed by atoms with van der Waals surface area (Å²) in [4.78, 5) is 15.8. The van der Waals surface area contributed by atoms with E-state index < -0.39 is 23.6 Å². The van der Waals surface area contributed by atoms with Crippen LogP contribution in [0.1, 0.15) is 24.1 Å². The molecule has 0 aliphatic rings. The first-order valence-corrected chi connectivity index (χ1v) is 8.11. The number of nitrogens with zero attached hydrogens (tertiary/aromatic N) is 1. The maximum Gasteiger partial charge on any atom is 0.417 e. The number of carbonyl (C=O) groups is 1. The standard InChI is InChI=1S/C16H14ClF3N4OS/c1-9(13-12(17)7-10(8-21-13)16(18,19)20)14(25)23-24-15(26)22-11-5-3-2-4-6-11/h2-9H,1H3,(H,23,25)(H2,22,24,26)/t9-/m0/s1. The Kier molecular flexibility index (Phi) is 6.38. The summed E-state index contributed by atoms with van der Waals surface area (Å²) in [6.45, 7) is 1.46. The van der Waals surface area contributed by atoms with Gasteiger partial charge in [-0.2, -0.15) is 13.2 Å². The van der Waals surface area contributed by atoms with Gasteiger partial charge in [-0.25, -0.2) is 0 Å². The fraction of sp³-hybridized carbons (Fsp3) is 0.188. The van der Waals surface area contributed by atoms with Gasteiger partial charge in [-0.15, -0.1) is 0 Å². The number of thiocarbonyl (C=S) groups is 1. The molecule has 0 aliphatic carbocycles. The van der Waals surface area contributed by atoms with Crippen LogP contribution in [-0.2, 0) is 11.0 Å². The quantitative estimate of drug-likeness (QED) is 0.537. The zero-order chi connectivity index (χ0) is 19.3. The predicted octanol–water partition coefficient (Wildman–Crippen LogP) is 3.88. The normalized spacial score (nSPS) is 12.2. The molecule has 2 rings (SSSR count). The third kappa shape index (κ3) is 5.30. The lowest BCUT2D eigenvalue weighted by molar-refractivity contribution is -0.137. The van der Waals surface area contributed by atoms with Gasteiger partial charge in [0.2, 0.25) is 5.91 Å². The van der Waals surface area contributed by atoms with Gasteiger partial charge in [0, 0.05) is 11.9 Å². The van der Waals surface area contributed by atoms with Gasteiger partial charge in [0.25, 0.3) is 0 Å². The van der Waals surface area contributed by atoms with Crippen LogP contribution in [0.5, 0.6) is 0 Å². The fourth-order valence-corrected chi connectivity index (χ4v) is 2.46. The summed E-state index contributed by atoms with van der Waals surface area (Å²) in [7, 11) is 0. The minimum atomic E-state index is -4.56. The van der Waals surface area contributed by atoms with Crippen LogP contribution in [0.25, 0.3) is 0 Å². The first kappa shape index (κ1) is 19.9. The number of anilines is 1.